The summed E-state index contributed by atoms with van der Waals surface area (Å²) in [6, 6.07) is 8.26. The van der Waals surface area contributed by atoms with E-state index in [1.807, 2.05) is 32.3 Å². The molecule has 1 fully saturated rings. The van der Waals surface area contributed by atoms with Crippen molar-refractivity contribution in [2.24, 2.45) is 5.92 Å². The number of benzene rings is 1. The van der Waals surface area contributed by atoms with Crippen LogP contribution in [-0.2, 0) is 11.2 Å². The molecule has 4 heteroatoms. The van der Waals surface area contributed by atoms with E-state index in [-0.39, 0.29) is 17.9 Å². The second-order valence-electron chi connectivity index (χ2n) is 6.48. The predicted octanol–water partition coefficient (Wildman–Crippen LogP) is 1.44. The third kappa shape index (κ3) is 2.70. The molecule has 1 amide bonds. The summed E-state index contributed by atoms with van der Waals surface area (Å²) in [6.45, 7) is 1.75. The van der Waals surface area contributed by atoms with Crippen LogP contribution in [0.2, 0.25) is 0 Å². The summed E-state index contributed by atoms with van der Waals surface area (Å²) in [5, 5.41) is 10.6. The molecule has 0 saturated carbocycles. The highest BCUT2D eigenvalue weighted by molar-refractivity contribution is 5.78. The van der Waals surface area contributed by atoms with E-state index in [1.165, 1.54) is 5.56 Å². The van der Waals surface area contributed by atoms with Crippen molar-refractivity contribution in [1.82, 2.24) is 9.80 Å². The topological polar surface area (TPSA) is 43.8 Å². The van der Waals surface area contributed by atoms with E-state index in [0.717, 1.165) is 37.9 Å². The van der Waals surface area contributed by atoms with Crippen molar-refractivity contribution >= 4 is 5.91 Å². The van der Waals surface area contributed by atoms with E-state index in [9.17, 15) is 9.90 Å². The van der Waals surface area contributed by atoms with Crippen molar-refractivity contribution in [1.29, 1.82) is 0 Å². The molecule has 1 aromatic rings. The number of nitrogens with zero attached hydrogens (tertiary/aromatic N) is 2. The number of aliphatic hydroxyl groups excluding tert-OH is 1. The summed E-state index contributed by atoms with van der Waals surface area (Å²) in [7, 11) is 3.64. The van der Waals surface area contributed by atoms with E-state index >= 15 is 0 Å². The van der Waals surface area contributed by atoms with Crippen LogP contribution in [0.15, 0.2) is 24.3 Å². The first kappa shape index (κ1) is 14.5. The highest BCUT2D eigenvalue weighted by atomic mass is 16.3. The van der Waals surface area contributed by atoms with E-state index in [4.69, 9.17) is 0 Å². The quantitative estimate of drug-likeness (QED) is 0.895. The minimum atomic E-state index is -0.422. The molecule has 0 spiro atoms. The molecule has 0 radical (unpaired) electrons. The van der Waals surface area contributed by atoms with Crippen LogP contribution in [0.4, 0.5) is 0 Å². The van der Waals surface area contributed by atoms with Gasteiger partial charge in [0.15, 0.2) is 0 Å². The minimum Gasteiger partial charge on any atom is -0.387 e. The van der Waals surface area contributed by atoms with E-state index < -0.39 is 6.10 Å². The lowest BCUT2D eigenvalue weighted by Crippen LogP contribution is -2.48. The third-order valence-electron chi connectivity index (χ3n) is 4.88. The number of piperidine rings is 1. The Labute approximate surface area is 126 Å². The average molecular weight is 288 g/mol. The van der Waals surface area contributed by atoms with Crippen LogP contribution in [-0.4, -0.2) is 54.0 Å². The minimum absolute atomic E-state index is 0.0738. The van der Waals surface area contributed by atoms with Gasteiger partial charge in [0.2, 0.25) is 5.91 Å². The molecule has 4 nitrogen and oxygen atoms in total. The Kier molecular flexibility index (Phi) is 4.00. The zero-order chi connectivity index (χ0) is 15.0. The van der Waals surface area contributed by atoms with Gasteiger partial charge in [-0.15, -0.1) is 0 Å². The first-order valence-corrected chi connectivity index (χ1v) is 7.79. The van der Waals surface area contributed by atoms with Gasteiger partial charge in [-0.25, -0.2) is 0 Å². The summed E-state index contributed by atoms with van der Waals surface area (Å²) in [4.78, 5) is 16.2. The Bertz CT molecular complexity index is 529. The maximum Gasteiger partial charge on any atom is 0.226 e. The van der Waals surface area contributed by atoms with Crippen molar-refractivity contribution < 1.29 is 9.90 Å². The van der Waals surface area contributed by atoms with E-state index in [1.54, 1.807) is 4.90 Å². The van der Waals surface area contributed by atoms with Crippen molar-refractivity contribution in [2.75, 3.05) is 27.2 Å². The highest BCUT2D eigenvalue weighted by Crippen LogP contribution is 2.36. The van der Waals surface area contributed by atoms with Gasteiger partial charge in [-0.3, -0.25) is 9.69 Å². The molecule has 114 valence electrons. The van der Waals surface area contributed by atoms with Crippen LogP contribution in [0.25, 0.3) is 0 Å². The number of likely N-dealkylation sites (tertiary alicyclic amines) is 1. The van der Waals surface area contributed by atoms with Gasteiger partial charge in [-0.2, -0.15) is 0 Å². The maximum absolute atomic E-state index is 12.2. The maximum atomic E-state index is 12.2. The van der Waals surface area contributed by atoms with Crippen LogP contribution < -0.4 is 0 Å². The molecule has 1 saturated heterocycles. The summed E-state index contributed by atoms with van der Waals surface area (Å²) < 4.78 is 0. The fraction of sp³-hybridized carbons (Fsp3) is 0.588. The molecule has 1 aliphatic heterocycles. The Morgan fingerprint density at radius 2 is 2.10 bits per heavy atom. The molecule has 21 heavy (non-hydrogen) atoms. The largest absolute Gasteiger partial charge is 0.387 e. The molecule has 0 aromatic heterocycles. The zero-order valence-electron chi connectivity index (χ0n) is 12.8. The van der Waals surface area contributed by atoms with Crippen molar-refractivity contribution in [3.8, 4) is 0 Å². The first-order chi connectivity index (χ1) is 10.1. The van der Waals surface area contributed by atoms with Crippen LogP contribution >= 0.6 is 0 Å². The van der Waals surface area contributed by atoms with Gasteiger partial charge in [-0.05, 0) is 36.9 Å². The Morgan fingerprint density at radius 1 is 1.33 bits per heavy atom. The van der Waals surface area contributed by atoms with Gasteiger partial charge < -0.3 is 10.0 Å². The summed E-state index contributed by atoms with van der Waals surface area (Å²) in [6.07, 6.45) is 2.46. The smallest absolute Gasteiger partial charge is 0.226 e. The molecule has 3 rings (SSSR count). The molecular formula is C17H24N2O2. The third-order valence-corrected chi connectivity index (χ3v) is 4.88. The summed E-state index contributed by atoms with van der Waals surface area (Å²) in [5.74, 6) is 0.286. The highest BCUT2D eigenvalue weighted by Gasteiger charge is 2.38. The Balaban J connectivity index is 1.72. The number of rotatable bonds is 2. The SMILES string of the molecule is CN(C)C(=O)C1CCCN(C2Cc3ccccc3C2O)C1. The zero-order valence-corrected chi connectivity index (χ0v) is 12.8. The van der Waals surface area contributed by atoms with Gasteiger partial charge in [0.25, 0.3) is 0 Å². The molecule has 1 N–H and O–H groups in total. The van der Waals surface area contributed by atoms with Crippen molar-refractivity contribution in [2.45, 2.75) is 31.4 Å². The van der Waals surface area contributed by atoms with Gasteiger partial charge in [0.1, 0.15) is 0 Å². The van der Waals surface area contributed by atoms with Gasteiger partial charge in [-0.1, -0.05) is 24.3 Å². The number of amides is 1. The van der Waals surface area contributed by atoms with Gasteiger partial charge in [0, 0.05) is 26.7 Å². The molecule has 1 aliphatic carbocycles. The predicted molar refractivity (Wildman–Crippen MR) is 81.9 cm³/mol. The normalized spacial score (nSPS) is 29.2. The fourth-order valence-electron chi connectivity index (χ4n) is 3.76. The van der Waals surface area contributed by atoms with Crippen LogP contribution in [0.3, 0.4) is 0 Å². The number of aliphatic hydroxyl groups is 1. The Hall–Kier alpha value is -1.39. The molecule has 0 bridgehead atoms. The second-order valence-corrected chi connectivity index (χ2v) is 6.48. The number of hydrogen-bond donors (Lipinski definition) is 1. The van der Waals surface area contributed by atoms with E-state index in [2.05, 4.69) is 11.0 Å². The van der Waals surface area contributed by atoms with Gasteiger partial charge in [0.05, 0.1) is 12.0 Å². The van der Waals surface area contributed by atoms with Crippen LogP contribution in [0, 0.1) is 5.92 Å². The second kappa shape index (κ2) is 5.78. The molecule has 2 aliphatic rings. The number of hydrogen-bond acceptors (Lipinski definition) is 3. The van der Waals surface area contributed by atoms with E-state index in [0.29, 0.717) is 0 Å². The van der Waals surface area contributed by atoms with Gasteiger partial charge >= 0.3 is 0 Å². The van der Waals surface area contributed by atoms with Crippen LogP contribution in [0.5, 0.6) is 0 Å². The first-order valence-electron chi connectivity index (χ1n) is 7.79. The number of fused-ring (bicyclic) bond motifs is 1. The lowest BCUT2D eigenvalue weighted by molar-refractivity contribution is -0.135. The standard InChI is InChI=1S/C17H24N2O2/c1-18(2)17(21)13-7-5-9-19(11-13)15-10-12-6-3-4-8-14(12)16(15)20/h3-4,6,8,13,15-16,20H,5,7,9-11H2,1-2H3. The molecule has 3 atom stereocenters. The molecule has 3 unspecified atom stereocenters. The molecule has 1 aromatic carbocycles. The Morgan fingerprint density at radius 3 is 2.81 bits per heavy atom. The lowest BCUT2D eigenvalue weighted by Gasteiger charge is -2.38. The number of carbonyl (C=O) groups excluding carboxylic acids is 1. The number of carbonyl (C=O) groups is 1. The van der Waals surface area contributed by atoms with Crippen molar-refractivity contribution in [3.05, 3.63) is 35.4 Å². The lowest BCUT2D eigenvalue weighted by atomic mass is 9.94. The average Bonchev–Trinajstić information content (AvgIpc) is 2.84. The van der Waals surface area contributed by atoms with Crippen molar-refractivity contribution in [3.63, 3.8) is 0 Å². The summed E-state index contributed by atoms with van der Waals surface area (Å²) >= 11 is 0. The molecular weight excluding hydrogens is 264 g/mol. The fourth-order valence-corrected chi connectivity index (χ4v) is 3.76. The molecule has 1 heterocycles. The monoisotopic (exact) mass is 288 g/mol. The van der Waals surface area contributed by atoms with Crippen LogP contribution in [0.1, 0.15) is 30.1 Å². The summed E-state index contributed by atoms with van der Waals surface area (Å²) in [5.41, 5.74) is 2.31.